The molecule has 20 heavy (non-hydrogen) atoms. The van der Waals surface area contributed by atoms with Crippen molar-refractivity contribution in [3.05, 3.63) is 70.3 Å². The largest absolute Gasteiger partial charge is 0.260 e. The summed E-state index contributed by atoms with van der Waals surface area (Å²) in [5, 5.41) is 1.73. The first-order valence-electron chi connectivity index (χ1n) is 5.88. The Balaban J connectivity index is 1.98. The summed E-state index contributed by atoms with van der Waals surface area (Å²) in [5.74, 6) is 0. The summed E-state index contributed by atoms with van der Waals surface area (Å²) in [4.78, 5) is 4.04. The Bertz CT molecular complexity index is 683. The molecule has 0 aliphatic heterocycles. The molecule has 6 heteroatoms. The standard InChI is InChI=1S/C14H13ClN2O2S/c15-13-6-4-12(5-7-13)8-10-20(18,19)17-11-14-3-1-2-9-16-14/h1-10,17H,11H2/b10-8+. The van der Waals surface area contributed by atoms with Gasteiger partial charge in [-0.15, -0.1) is 0 Å². The van der Waals surface area contributed by atoms with Gasteiger partial charge < -0.3 is 0 Å². The third-order valence-electron chi connectivity index (χ3n) is 2.49. The predicted octanol–water partition coefficient (Wildman–Crippen LogP) is 2.83. The molecule has 4 nitrogen and oxygen atoms in total. The van der Waals surface area contributed by atoms with Crippen LogP contribution in [0.2, 0.25) is 5.02 Å². The van der Waals surface area contributed by atoms with Crippen LogP contribution in [0.15, 0.2) is 54.1 Å². The number of halogens is 1. The molecule has 1 heterocycles. The normalized spacial score (nSPS) is 11.8. The Morgan fingerprint density at radius 1 is 1.15 bits per heavy atom. The Morgan fingerprint density at radius 2 is 1.90 bits per heavy atom. The second kappa shape index (κ2) is 6.65. The minimum absolute atomic E-state index is 0.161. The lowest BCUT2D eigenvalue weighted by Crippen LogP contribution is -2.21. The molecule has 0 amide bonds. The molecule has 0 aliphatic carbocycles. The second-order valence-corrected chi connectivity index (χ2v) is 6.13. The van der Waals surface area contributed by atoms with Crippen LogP contribution in [-0.2, 0) is 16.6 Å². The van der Waals surface area contributed by atoms with Gasteiger partial charge in [-0.3, -0.25) is 4.98 Å². The molecular formula is C14H13ClN2O2S. The van der Waals surface area contributed by atoms with Crippen LogP contribution in [0.4, 0.5) is 0 Å². The van der Waals surface area contributed by atoms with E-state index in [2.05, 4.69) is 9.71 Å². The monoisotopic (exact) mass is 308 g/mol. The van der Waals surface area contributed by atoms with Gasteiger partial charge in [-0.1, -0.05) is 29.8 Å². The quantitative estimate of drug-likeness (QED) is 0.924. The van der Waals surface area contributed by atoms with Crippen molar-refractivity contribution in [3.8, 4) is 0 Å². The van der Waals surface area contributed by atoms with Crippen molar-refractivity contribution in [2.45, 2.75) is 6.54 Å². The molecule has 104 valence electrons. The Morgan fingerprint density at radius 3 is 2.55 bits per heavy atom. The smallest absolute Gasteiger partial charge is 0.234 e. The van der Waals surface area contributed by atoms with E-state index in [1.807, 2.05) is 0 Å². The van der Waals surface area contributed by atoms with Crippen LogP contribution in [0.1, 0.15) is 11.3 Å². The van der Waals surface area contributed by atoms with Gasteiger partial charge >= 0.3 is 0 Å². The lowest BCUT2D eigenvalue weighted by atomic mass is 10.2. The first kappa shape index (κ1) is 14.7. The van der Waals surface area contributed by atoms with Gasteiger partial charge in [0.05, 0.1) is 12.2 Å². The van der Waals surface area contributed by atoms with Gasteiger partial charge in [0.15, 0.2) is 0 Å². The molecule has 0 fully saturated rings. The molecule has 0 saturated heterocycles. The average molecular weight is 309 g/mol. The van der Waals surface area contributed by atoms with E-state index in [1.165, 1.54) is 6.08 Å². The molecule has 0 radical (unpaired) electrons. The zero-order valence-electron chi connectivity index (χ0n) is 10.5. The van der Waals surface area contributed by atoms with Gasteiger partial charge in [0, 0.05) is 16.6 Å². The molecule has 0 bridgehead atoms. The topological polar surface area (TPSA) is 59.1 Å². The summed E-state index contributed by atoms with van der Waals surface area (Å²) in [6.45, 7) is 0.161. The molecule has 0 spiro atoms. The van der Waals surface area contributed by atoms with Crippen LogP contribution < -0.4 is 4.72 Å². The highest BCUT2D eigenvalue weighted by atomic mass is 35.5. The van der Waals surface area contributed by atoms with E-state index in [9.17, 15) is 8.42 Å². The number of hydrogen-bond donors (Lipinski definition) is 1. The van der Waals surface area contributed by atoms with Gasteiger partial charge in [0.2, 0.25) is 10.0 Å². The van der Waals surface area contributed by atoms with Gasteiger partial charge in [-0.25, -0.2) is 13.1 Å². The van der Waals surface area contributed by atoms with Crippen molar-refractivity contribution in [2.75, 3.05) is 0 Å². The Hall–Kier alpha value is -1.69. The maximum absolute atomic E-state index is 11.8. The molecule has 1 aromatic carbocycles. The van der Waals surface area contributed by atoms with Crippen molar-refractivity contribution < 1.29 is 8.42 Å². The summed E-state index contributed by atoms with van der Waals surface area (Å²) >= 11 is 5.76. The number of nitrogens with zero attached hydrogens (tertiary/aromatic N) is 1. The zero-order chi connectivity index (χ0) is 14.4. The maximum Gasteiger partial charge on any atom is 0.234 e. The van der Waals surface area contributed by atoms with Crippen LogP contribution >= 0.6 is 11.6 Å². The lowest BCUT2D eigenvalue weighted by molar-refractivity contribution is 0.590. The zero-order valence-corrected chi connectivity index (χ0v) is 12.1. The molecule has 0 saturated carbocycles. The fourth-order valence-electron chi connectivity index (χ4n) is 1.47. The summed E-state index contributed by atoms with van der Waals surface area (Å²) in [5.41, 5.74) is 1.42. The van der Waals surface area contributed by atoms with E-state index >= 15 is 0 Å². The Kier molecular flexibility index (Phi) is 4.89. The average Bonchev–Trinajstić information content (AvgIpc) is 2.46. The van der Waals surface area contributed by atoms with E-state index in [1.54, 1.807) is 48.7 Å². The molecule has 0 unspecified atom stereocenters. The van der Waals surface area contributed by atoms with E-state index in [0.29, 0.717) is 10.7 Å². The minimum Gasteiger partial charge on any atom is -0.260 e. The van der Waals surface area contributed by atoms with E-state index in [0.717, 1.165) is 11.0 Å². The van der Waals surface area contributed by atoms with Crippen LogP contribution in [0.3, 0.4) is 0 Å². The third kappa shape index (κ3) is 4.77. The SMILES string of the molecule is O=S(=O)(/C=C/c1ccc(Cl)cc1)NCc1ccccn1. The molecule has 0 aliphatic rings. The van der Waals surface area contributed by atoms with Gasteiger partial charge in [0.1, 0.15) is 0 Å². The lowest BCUT2D eigenvalue weighted by Gasteiger charge is -2.02. The van der Waals surface area contributed by atoms with Crippen molar-refractivity contribution in [1.82, 2.24) is 9.71 Å². The third-order valence-corrected chi connectivity index (χ3v) is 3.78. The Labute approximate surface area is 123 Å². The van der Waals surface area contributed by atoms with E-state index < -0.39 is 10.0 Å². The number of sulfonamides is 1. The molecule has 2 rings (SSSR count). The summed E-state index contributed by atoms with van der Waals surface area (Å²) in [7, 11) is -3.49. The number of pyridine rings is 1. The van der Waals surface area contributed by atoms with Crippen LogP contribution in [0, 0.1) is 0 Å². The van der Waals surface area contributed by atoms with Gasteiger partial charge in [-0.05, 0) is 35.9 Å². The maximum atomic E-state index is 11.8. The van der Waals surface area contributed by atoms with Crippen molar-refractivity contribution in [2.24, 2.45) is 0 Å². The molecule has 2 aromatic rings. The summed E-state index contributed by atoms with van der Waals surface area (Å²) < 4.78 is 26.0. The highest BCUT2D eigenvalue weighted by Crippen LogP contribution is 2.11. The first-order valence-corrected chi connectivity index (χ1v) is 7.81. The van der Waals surface area contributed by atoms with Gasteiger partial charge in [0.25, 0.3) is 0 Å². The molecule has 1 N–H and O–H groups in total. The summed E-state index contributed by atoms with van der Waals surface area (Å²) in [6.07, 6.45) is 3.13. The number of benzene rings is 1. The number of nitrogens with one attached hydrogen (secondary N) is 1. The number of aromatic nitrogens is 1. The molecular weight excluding hydrogens is 296 g/mol. The fraction of sp³-hybridized carbons (Fsp3) is 0.0714. The minimum atomic E-state index is -3.49. The van der Waals surface area contributed by atoms with Crippen LogP contribution in [0.5, 0.6) is 0 Å². The summed E-state index contributed by atoms with van der Waals surface area (Å²) in [6, 6.07) is 12.2. The van der Waals surface area contributed by atoms with E-state index in [4.69, 9.17) is 11.6 Å². The second-order valence-electron chi connectivity index (χ2n) is 4.04. The van der Waals surface area contributed by atoms with Gasteiger partial charge in [-0.2, -0.15) is 0 Å². The van der Waals surface area contributed by atoms with Crippen LogP contribution in [-0.4, -0.2) is 13.4 Å². The van der Waals surface area contributed by atoms with Crippen molar-refractivity contribution in [3.63, 3.8) is 0 Å². The van der Waals surface area contributed by atoms with Crippen LogP contribution in [0.25, 0.3) is 6.08 Å². The number of rotatable bonds is 5. The highest BCUT2D eigenvalue weighted by molar-refractivity contribution is 7.92. The highest BCUT2D eigenvalue weighted by Gasteiger charge is 2.05. The molecule has 0 atom stereocenters. The van der Waals surface area contributed by atoms with Crippen molar-refractivity contribution in [1.29, 1.82) is 0 Å². The number of hydrogen-bond acceptors (Lipinski definition) is 3. The first-order chi connectivity index (χ1) is 9.55. The predicted molar refractivity (Wildman–Crippen MR) is 80.5 cm³/mol. The fourth-order valence-corrected chi connectivity index (χ4v) is 2.37. The van der Waals surface area contributed by atoms with E-state index in [-0.39, 0.29) is 6.54 Å². The molecule has 1 aromatic heterocycles. The van der Waals surface area contributed by atoms with Crippen molar-refractivity contribution >= 4 is 27.7 Å².